The Morgan fingerprint density at radius 3 is 2.93 bits per heavy atom. The van der Waals surface area contributed by atoms with Gasteiger partial charge in [0, 0.05) is 23.1 Å². The predicted octanol–water partition coefficient (Wildman–Crippen LogP) is 3.91. The number of carbonyl (C=O) groups excluding carboxylic acids is 1. The van der Waals surface area contributed by atoms with E-state index in [0.29, 0.717) is 33.0 Å². The third-order valence-corrected chi connectivity index (χ3v) is 4.78. The Hall–Kier alpha value is -2.90. The van der Waals surface area contributed by atoms with E-state index in [-0.39, 0.29) is 5.91 Å². The maximum absolute atomic E-state index is 13.2. The Morgan fingerprint density at radius 1 is 1.30 bits per heavy atom. The lowest BCUT2D eigenvalue weighted by atomic mass is 9.96. The average Bonchev–Trinajstić information content (AvgIpc) is 3.12. The van der Waals surface area contributed by atoms with Crippen molar-refractivity contribution in [3.05, 3.63) is 75.9 Å². The van der Waals surface area contributed by atoms with Crippen LogP contribution in [0.1, 0.15) is 18.5 Å². The van der Waals surface area contributed by atoms with Crippen LogP contribution in [0.3, 0.4) is 0 Å². The van der Waals surface area contributed by atoms with Gasteiger partial charge in [0.2, 0.25) is 5.95 Å². The van der Waals surface area contributed by atoms with Crippen LogP contribution in [0.25, 0.3) is 0 Å². The Morgan fingerprint density at radius 2 is 2.15 bits per heavy atom. The number of amides is 1. The minimum Gasteiger partial charge on any atom is -0.328 e. The molecule has 0 radical (unpaired) electrons. The van der Waals surface area contributed by atoms with Gasteiger partial charge in [-0.15, -0.1) is 0 Å². The number of aromatic nitrogens is 4. The van der Waals surface area contributed by atoms with Crippen molar-refractivity contribution in [2.24, 2.45) is 0 Å². The van der Waals surface area contributed by atoms with Gasteiger partial charge in [0.25, 0.3) is 5.91 Å². The number of nitrogens with one attached hydrogen (secondary N) is 2. The normalized spacial score (nSPS) is 15.9. The molecule has 7 nitrogen and oxygen atoms in total. The van der Waals surface area contributed by atoms with Gasteiger partial charge in [-0.05, 0) is 36.8 Å². The molecule has 1 atom stereocenters. The van der Waals surface area contributed by atoms with Crippen molar-refractivity contribution in [3.8, 4) is 0 Å². The van der Waals surface area contributed by atoms with Gasteiger partial charge in [-0.25, -0.2) is 4.68 Å². The van der Waals surface area contributed by atoms with Crippen LogP contribution in [-0.4, -0.2) is 25.7 Å². The SMILES string of the molecule is CC1=C(C(=O)Nc2cc(Cl)ccc2Cl)[C@@H](c2cccnc2)n2ncnc2N1. The minimum absolute atomic E-state index is 0.320. The molecule has 4 rings (SSSR count). The van der Waals surface area contributed by atoms with E-state index in [1.54, 1.807) is 35.3 Å². The molecular weight excluding hydrogens is 387 g/mol. The van der Waals surface area contributed by atoms with Gasteiger partial charge >= 0.3 is 0 Å². The van der Waals surface area contributed by atoms with Gasteiger partial charge in [-0.2, -0.15) is 10.1 Å². The van der Waals surface area contributed by atoms with Crippen LogP contribution >= 0.6 is 23.2 Å². The van der Waals surface area contributed by atoms with Crippen molar-refractivity contribution in [2.45, 2.75) is 13.0 Å². The van der Waals surface area contributed by atoms with Crippen molar-refractivity contribution in [3.63, 3.8) is 0 Å². The molecule has 1 aliphatic heterocycles. The number of rotatable bonds is 3. The van der Waals surface area contributed by atoms with Crippen molar-refractivity contribution in [1.29, 1.82) is 0 Å². The summed E-state index contributed by atoms with van der Waals surface area (Å²) in [4.78, 5) is 21.5. The summed E-state index contributed by atoms with van der Waals surface area (Å²) in [6.45, 7) is 1.82. The van der Waals surface area contributed by atoms with Crippen LogP contribution in [0.2, 0.25) is 10.0 Å². The van der Waals surface area contributed by atoms with Gasteiger partial charge in [-0.1, -0.05) is 29.3 Å². The Kier molecular flexibility index (Phi) is 4.55. The van der Waals surface area contributed by atoms with Crippen LogP contribution in [0.15, 0.2) is 60.3 Å². The lowest BCUT2D eigenvalue weighted by Gasteiger charge is -2.28. The molecule has 1 aromatic carbocycles. The van der Waals surface area contributed by atoms with Crippen LogP contribution < -0.4 is 10.6 Å². The number of benzene rings is 1. The van der Waals surface area contributed by atoms with Crippen LogP contribution in [0.5, 0.6) is 0 Å². The summed E-state index contributed by atoms with van der Waals surface area (Å²) in [6.07, 6.45) is 4.82. The topological polar surface area (TPSA) is 84.7 Å². The zero-order valence-corrected chi connectivity index (χ0v) is 15.7. The van der Waals surface area contributed by atoms with Gasteiger partial charge in [0.15, 0.2) is 0 Å². The highest BCUT2D eigenvalue weighted by Crippen LogP contribution is 2.35. The van der Waals surface area contributed by atoms with Gasteiger partial charge in [0.05, 0.1) is 16.3 Å². The number of fused-ring (bicyclic) bond motifs is 1. The monoisotopic (exact) mass is 400 g/mol. The number of hydrogen-bond donors (Lipinski definition) is 2. The molecule has 9 heteroatoms. The van der Waals surface area contributed by atoms with Crippen molar-refractivity contribution in [2.75, 3.05) is 10.6 Å². The molecular formula is C18H14Cl2N6O. The van der Waals surface area contributed by atoms with E-state index in [2.05, 4.69) is 25.7 Å². The molecule has 0 fully saturated rings. The number of carbonyl (C=O) groups is 1. The summed E-state index contributed by atoms with van der Waals surface area (Å²) < 4.78 is 1.65. The first-order valence-corrected chi connectivity index (χ1v) is 8.84. The highest BCUT2D eigenvalue weighted by Gasteiger charge is 2.33. The number of anilines is 2. The second-order valence-electron chi connectivity index (χ2n) is 5.96. The molecule has 136 valence electrons. The summed E-state index contributed by atoms with van der Waals surface area (Å²) in [5, 5.41) is 11.1. The minimum atomic E-state index is -0.476. The maximum Gasteiger partial charge on any atom is 0.255 e. The number of pyridine rings is 1. The molecule has 0 saturated carbocycles. The second-order valence-corrected chi connectivity index (χ2v) is 6.80. The third-order valence-electron chi connectivity index (χ3n) is 4.22. The van der Waals surface area contributed by atoms with Crippen molar-refractivity contribution in [1.82, 2.24) is 19.7 Å². The van der Waals surface area contributed by atoms with Gasteiger partial charge < -0.3 is 10.6 Å². The third kappa shape index (κ3) is 3.27. The van der Waals surface area contributed by atoms with E-state index in [0.717, 1.165) is 5.56 Å². The van der Waals surface area contributed by atoms with Gasteiger partial charge in [0.1, 0.15) is 12.4 Å². The zero-order chi connectivity index (χ0) is 19.0. The number of nitrogens with zero attached hydrogens (tertiary/aromatic N) is 4. The van der Waals surface area contributed by atoms with E-state index in [1.165, 1.54) is 6.33 Å². The largest absolute Gasteiger partial charge is 0.328 e. The molecule has 27 heavy (non-hydrogen) atoms. The Balaban J connectivity index is 1.77. The summed E-state index contributed by atoms with van der Waals surface area (Å²) in [5.74, 6) is 0.234. The van der Waals surface area contributed by atoms with E-state index >= 15 is 0 Å². The molecule has 3 heterocycles. The summed E-state index contributed by atoms with van der Waals surface area (Å²) in [6, 6.07) is 8.12. The molecule has 2 N–H and O–H groups in total. The first-order valence-electron chi connectivity index (χ1n) is 8.08. The quantitative estimate of drug-likeness (QED) is 0.695. The van der Waals surface area contributed by atoms with E-state index in [9.17, 15) is 4.79 Å². The lowest BCUT2D eigenvalue weighted by Crippen LogP contribution is -2.31. The molecule has 0 saturated heterocycles. The second kappa shape index (κ2) is 7.02. The zero-order valence-electron chi connectivity index (χ0n) is 14.1. The fourth-order valence-corrected chi connectivity index (χ4v) is 3.35. The fourth-order valence-electron chi connectivity index (χ4n) is 3.01. The number of hydrogen-bond acceptors (Lipinski definition) is 5. The summed E-state index contributed by atoms with van der Waals surface area (Å²) >= 11 is 12.2. The van der Waals surface area contributed by atoms with Crippen LogP contribution in [-0.2, 0) is 4.79 Å². The first-order chi connectivity index (χ1) is 13.0. The molecule has 0 unspecified atom stereocenters. The van der Waals surface area contributed by atoms with Crippen molar-refractivity contribution >= 4 is 40.7 Å². The van der Waals surface area contributed by atoms with Crippen molar-refractivity contribution < 1.29 is 4.79 Å². The predicted molar refractivity (Wildman–Crippen MR) is 104 cm³/mol. The number of allylic oxidation sites excluding steroid dienone is 1. The molecule has 0 aliphatic carbocycles. The molecule has 2 aromatic heterocycles. The molecule has 0 bridgehead atoms. The molecule has 3 aromatic rings. The molecule has 0 spiro atoms. The number of halogens is 2. The molecule has 1 amide bonds. The Labute approximate surface area is 165 Å². The van der Waals surface area contributed by atoms with Crippen LogP contribution in [0, 0.1) is 0 Å². The van der Waals surface area contributed by atoms with E-state index < -0.39 is 6.04 Å². The smallest absolute Gasteiger partial charge is 0.255 e. The lowest BCUT2D eigenvalue weighted by molar-refractivity contribution is -0.113. The van der Waals surface area contributed by atoms with Gasteiger partial charge in [-0.3, -0.25) is 9.78 Å². The first kappa shape index (κ1) is 17.5. The molecule has 1 aliphatic rings. The summed E-state index contributed by atoms with van der Waals surface area (Å²) in [7, 11) is 0. The fraction of sp³-hybridized carbons (Fsp3) is 0.111. The highest BCUT2D eigenvalue weighted by atomic mass is 35.5. The summed E-state index contributed by atoms with van der Waals surface area (Å²) in [5.41, 5.74) is 2.40. The highest BCUT2D eigenvalue weighted by molar-refractivity contribution is 6.35. The maximum atomic E-state index is 13.2. The van der Waals surface area contributed by atoms with E-state index in [4.69, 9.17) is 23.2 Å². The standard InChI is InChI=1S/C18H14Cl2N6O/c1-10-15(17(27)25-14-7-12(19)4-5-13(14)20)16(11-3-2-6-21-8-11)26-18(24-10)22-9-23-26/h2-9,16H,1H3,(H,25,27)(H,22,23,24)/t16-/m1/s1. The Bertz CT molecular complexity index is 1050. The van der Waals surface area contributed by atoms with E-state index in [1.807, 2.05) is 19.1 Å². The average molecular weight is 401 g/mol. The van der Waals surface area contributed by atoms with Crippen LogP contribution in [0.4, 0.5) is 11.6 Å².